The number of likely N-dealkylation sites (tertiary alicyclic amines) is 1. The molecule has 2 fully saturated rings. The molecule has 0 aliphatic carbocycles. The van der Waals surface area contributed by atoms with E-state index in [0.717, 1.165) is 32.7 Å². The summed E-state index contributed by atoms with van der Waals surface area (Å²) in [5.41, 5.74) is 11.3. The van der Waals surface area contributed by atoms with Gasteiger partial charge in [0.2, 0.25) is 5.91 Å². The predicted octanol–water partition coefficient (Wildman–Crippen LogP) is 4.79. The molecule has 3 aromatic rings. The molecular weight excluding hydrogens is 449 g/mol. The van der Waals surface area contributed by atoms with Crippen LogP contribution in [0.2, 0.25) is 0 Å². The molecule has 5 rings (SSSR count). The van der Waals surface area contributed by atoms with Gasteiger partial charge in [0, 0.05) is 22.9 Å². The number of halogens is 1. The fourth-order valence-electron chi connectivity index (χ4n) is 5.20. The number of thioether (sulfide) groups is 1. The molecule has 2 aliphatic rings. The summed E-state index contributed by atoms with van der Waals surface area (Å²) in [6.07, 6.45) is 2.04. The molecule has 34 heavy (non-hydrogen) atoms. The van der Waals surface area contributed by atoms with Crippen LogP contribution in [0.1, 0.15) is 39.9 Å². The van der Waals surface area contributed by atoms with Crippen LogP contribution in [0.25, 0.3) is 0 Å². The fraction of sp³-hybridized carbons (Fsp3) is 0.296. The van der Waals surface area contributed by atoms with E-state index in [2.05, 4.69) is 35.1 Å². The first kappa shape index (κ1) is 22.9. The number of phenolic OH excluding ortho intramolecular Hbond substituents is 1. The van der Waals surface area contributed by atoms with Crippen molar-refractivity contribution in [2.75, 3.05) is 6.26 Å². The van der Waals surface area contributed by atoms with Crippen molar-refractivity contribution >= 4 is 17.7 Å². The Morgan fingerprint density at radius 3 is 2.29 bits per heavy atom. The summed E-state index contributed by atoms with van der Waals surface area (Å²) in [5.74, 6) is -0.217. The van der Waals surface area contributed by atoms with E-state index in [0.29, 0.717) is 6.54 Å². The van der Waals surface area contributed by atoms with Crippen molar-refractivity contribution in [1.29, 1.82) is 0 Å². The second-order valence-electron chi connectivity index (χ2n) is 9.13. The quantitative estimate of drug-likeness (QED) is 0.462. The lowest BCUT2D eigenvalue weighted by atomic mass is 9.82. The Balaban J connectivity index is 1.58. The first-order valence-electron chi connectivity index (χ1n) is 11.4. The molecule has 5 nitrogen and oxygen atoms in total. The molecule has 7 heteroatoms. The maximum Gasteiger partial charge on any atom is 0.242 e. The predicted molar refractivity (Wildman–Crippen MR) is 132 cm³/mol. The topological polar surface area (TPSA) is 64.6 Å². The first-order chi connectivity index (χ1) is 16.4. The summed E-state index contributed by atoms with van der Waals surface area (Å²) in [7, 11) is 0. The highest BCUT2D eigenvalue weighted by Crippen LogP contribution is 2.49. The van der Waals surface area contributed by atoms with Crippen molar-refractivity contribution in [3.05, 3.63) is 94.3 Å². The lowest BCUT2D eigenvalue weighted by molar-refractivity contribution is -0.131. The number of carbonyl (C=O) groups excluding carboxylic acids is 1. The summed E-state index contributed by atoms with van der Waals surface area (Å²) < 4.78 is 13.5. The van der Waals surface area contributed by atoms with E-state index in [1.54, 1.807) is 30.0 Å². The maximum absolute atomic E-state index is 13.6. The number of benzene rings is 3. The summed E-state index contributed by atoms with van der Waals surface area (Å²) in [6, 6.07) is 17.5. The highest BCUT2D eigenvalue weighted by Gasteiger charge is 2.55. The van der Waals surface area contributed by atoms with Gasteiger partial charge in [-0.2, -0.15) is 0 Å². The Bertz CT molecular complexity index is 1220. The molecule has 176 valence electrons. The third-order valence-electron chi connectivity index (χ3n) is 7.12. The molecule has 1 amide bonds. The van der Waals surface area contributed by atoms with E-state index >= 15 is 0 Å². The minimum atomic E-state index is -0.434. The molecule has 3 aromatic carbocycles. The molecule has 2 heterocycles. The number of nitrogens with zero attached hydrogens (tertiary/aromatic N) is 1. The zero-order chi connectivity index (χ0) is 24.0. The number of hydrogen-bond acceptors (Lipinski definition) is 5. The highest BCUT2D eigenvalue weighted by atomic mass is 32.2. The van der Waals surface area contributed by atoms with E-state index in [1.165, 1.54) is 12.1 Å². The van der Waals surface area contributed by atoms with Crippen molar-refractivity contribution in [3.8, 4) is 5.75 Å². The second-order valence-corrected chi connectivity index (χ2v) is 10.0. The van der Waals surface area contributed by atoms with Gasteiger partial charge >= 0.3 is 0 Å². The molecule has 4 atom stereocenters. The number of aryl methyl sites for hydroxylation is 2. The van der Waals surface area contributed by atoms with Gasteiger partial charge in [-0.15, -0.1) is 11.8 Å². The molecular formula is C27H28FN3O2S. The van der Waals surface area contributed by atoms with E-state index in [-0.39, 0.29) is 35.5 Å². The smallest absolute Gasteiger partial charge is 0.242 e. The standard InChI is InChI=1S/C27H28FN3O2S/c1-15-12-21(22(32)13-16(15)2)24-23-25(30-29-24)27(33)31(14-17-4-8-19(28)9-5-17)26(23)18-6-10-20(34-3)11-7-18/h4-13,23-26,29-30,32H,14H2,1-3H3. The van der Waals surface area contributed by atoms with Crippen LogP contribution in [0.15, 0.2) is 65.6 Å². The number of hydrogen-bond donors (Lipinski definition) is 3. The van der Waals surface area contributed by atoms with Crippen LogP contribution < -0.4 is 10.9 Å². The number of rotatable bonds is 5. The molecule has 0 radical (unpaired) electrons. The molecule has 4 unspecified atom stereocenters. The Hall–Kier alpha value is -2.87. The number of fused-ring (bicyclic) bond motifs is 1. The fourth-order valence-corrected chi connectivity index (χ4v) is 5.61. The molecule has 0 spiro atoms. The lowest BCUT2D eigenvalue weighted by Crippen LogP contribution is -2.41. The highest BCUT2D eigenvalue weighted by molar-refractivity contribution is 7.98. The SMILES string of the molecule is CSc1ccc(C2C3C(NNC3c3cc(C)c(C)cc3O)C(=O)N2Cc2ccc(F)cc2)cc1. The van der Waals surface area contributed by atoms with Crippen LogP contribution in [0, 0.1) is 25.6 Å². The number of phenols is 1. The summed E-state index contributed by atoms with van der Waals surface area (Å²) in [6.45, 7) is 4.38. The average Bonchev–Trinajstić information content (AvgIpc) is 3.37. The van der Waals surface area contributed by atoms with Gasteiger partial charge in [0.25, 0.3) is 0 Å². The molecule has 2 aliphatic heterocycles. The van der Waals surface area contributed by atoms with Crippen LogP contribution >= 0.6 is 11.8 Å². The van der Waals surface area contributed by atoms with E-state index < -0.39 is 6.04 Å². The second kappa shape index (κ2) is 9.06. The lowest BCUT2D eigenvalue weighted by Gasteiger charge is -2.32. The first-order valence-corrected chi connectivity index (χ1v) is 12.6. The summed E-state index contributed by atoms with van der Waals surface area (Å²) in [5, 5.41) is 10.8. The van der Waals surface area contributed by atoms with Crippen molar-refractivity contribution in [1.82, 2.24) is 15.8 Å². The number of aromatic hydroxyl groups is 1. The number of amides is 1. The number of carbonyl (C=O) groups is 1. The van der Waals surface area contributed by atoms with Crippen LogP contribution in [-0.4, -0.2) is 28.2 Å². The minimum Gasteiger partial charge on any atom is -0.508 e. The molecule has 0 aromatic heterocycles. The zero-order valence-electron chi connectivity index (χ0n) is 19.4. The maximum atomic E-state index is 13.6. The zero-order valence-corrected chi connectivity index (χ0v) is 20.2. The van der Waals surface area contributed by atoms with Crippen LogP contribution in [0.5, 0.6) is 5.75 Å². The van der Waals surface area contributed by atoms with E-state index in [9.17, 15) is 14.3 Å². The van der Waals surface area contributed by atoms with Gasteiger partial charge in [-0.05, 0) is 72.7 Å². The molecule has 3 N–H and O–H groups in total. The van der Waals surface area contributed by atoms with Gasteiger partial charge in [0.1, 0.15) is 17.6 Å². The molecule has 0 bridgehead atoms. The van der Waals surface area contributed by atoms with Gasteiger partial charge in [-0.25, -0.2) is 15.2 Å². The summed E-state index contributed by atoms with van der Waals surface area (Å²) in [4.78, 5) is 16.7. The Kier molecular flexibility index (Phi) is 6.10. The van der Waals surface area contributed by atoms with Gasteiger partial charge in [0.15, 0.2) is 0 Å². The van der Waals surface area contributed by atoms with Crippen LogP contribution in [0.3, 0.4) is 0 Å². The van der Waals surface area contributed by atoms with E-state index in [4.69, 9.17) is 0 Å². The number of nitrogens with one attached hydrogen (secondary N) is 2. The van der Waals surface area contributed by atoms with Crippen LogP contribution in [0.4, 0.5) is 4.39 Å². The van der Waals surface area contributed by atoms with Crippen molar-refractivity contribution in [2.24, 2.45) is 5.92 Å². The Morgan fingerprint density at radius 1 is 0.971 bits per heavy atom. The minimum absolute atomic E-state index is 0.00779. The van der Waals surface area contributed by atoms with Crippen molar-refractivity contribution in [3.63, 3.8) is 0 Å². The van der Waals surface area contributed by atoms with Crippen LogP contribution in [-0.2, 0) is 11.3 Å². The average molecular weight is 478 g/mol. The van der Waals surface area contributed by atoms with Crippen molar-refractivity contribution in [2.45, 2.75) is 43.4 Å². The van der Waals surface area contributed by atoms with E-state index in [1.807, 2.05) is 31.1 Å². The normalized spacial score (nSPS) is 24.0. The largest absolute Gasteiger partial charge is 0.508 e. The Labute approximate surface area is 203 Å². The van der Waals surface area contributed by atoms with Gasteiger partial charge in [-0.1, -0.05) is 30.3 Å². The third kappa shape index (κ3) is 3.98. The Morgan fingerprint density at radius 2 is 1.62 bits per heavy atom. The van der Waals surface area contributed by atoms with Gasteiger partial charge < -0.3 is 10.0 Å². The van der Waals surface area contributed by atoms with Gasteiger partial charge in [-0.3, -0.25) is 4.79 Å². The monoisotopic (exact) mass is 477 g/mol. The molecule has 0 saturated carbocycles. The number of hydrazine groups is 1. The third-order valence-corrected chi connectivity index (χ3v) is 7.86. The summed E-state index contributed by atoms with van der Waals surface area (Å²) >= 11 is 1.67. The van der Waals surface area contributed by atoms with Crippen molar-refractivity contribution < 1.29 is 14.3 Å². The van der Waals surface area contributed by atoms with Gasteiger partial charge in [0.05, 0.1) is 12.1 Å². The molecule has 2 saturated heterocycles.